The first kappa shape index (κ1) is 27.3. The molecule has 194 valence electrons. The van der Waals surface area contributed by atoms with E-state index < -0.39 is 23.3 Å². The Balaban J connectivity index is 2.16. The van der Waals surface area contributed by atoms with E-state index in [1.807, 2.05) is 33.8 Å². The number of alkyl halides is 3. The number of hydrogen-bond acceptors (Lipinski definition) is 4. The standard InChI is InChI=1S/C28H32F3NO4/c1-8-32-22-15-19(17(2)13-21(22)27(6,7)16-24(32)33)20-14-18(9-11-23(20)35-28(29,30)31)10-12-25(34)36-26(3,4)5/h9-15H,8,16H2,1-7H3/b12-10+. The van der Waals surface area contributed by atoms with Gasteiger partial charge in [0.25, 0.3) is 0 Å². The van der Waals surface area contributed by atoms with Crippen molar-refractivity contribution in [1.82, 2.24) is 0 Å². The number of amides is 1. The van der Waals surface area contributed by atoms with Crippen molar-refractivity contribution in [2.75, 3.05) is 11.4 Å². The van der Waals surface area contributed by atoms with Crippen LogP contribution in [0.1, 0.15) is 64.7 Å². The summed E-state index contributed by atoms with van der Waals surface area (Å²) in [4.78, 5) is 26.5. The maximum absolute atomic E-state index is 13.2. The van der Waals surface area contributed by atoms with E-state index in [1.54, 1.807) is 31.7 Å². The van der Waals surface area contributed by atoms with Crippen LogP contribution in [0.2, 0.25) is 0 Å². The quantitative estimate of drug-likeness (QED) is 0.327. The van der Waals surface area contributed by atoms with Crippen LogP contribution < -0.4 is 9.64 Å². The Morgan fingerprint density at radius 2 is 1.78 bits per heavy atom. The number of rotatable bonds is 5. The van der Waals surface area contributed by atoms with Crippen molar-refractivity contribution < 1.29 is 32.2 Å². The van der Waals surface area contributed by atoms with Crippen LogP contribution in [0.15, 0.2) is 36.4 Å². The number of esters is 1. The summed E-state index contributed by atoms with van der Waals surface area (Å²) in [5.41, 5.74) is 2.49. The first-order valence-electron chi connectivity index (χ1n) is 11.8. The molecular weight excluding hydrogens is 471 g/mol. The zero-order valence-electron chi connectivity index (χ0n) is 21.7. The van der Waals surface area contributed by atoms with Crippen molar-refractivity contribution in [3.8, 4) is 16.9 Å². The lowest BCUT2D eigenvalue weighted by Crippen LogP contribution is -2.41. The van der Waals surface area contributed by atoms with Gasteiger partial charge >= 0.3 is 12.3 Å². The van der Waals surface area contributed by atoms with E-state index in [-0.39, 0.29) is 17.2 Å². The highest BCUT2D eigenvalue weighted by Crippen LogP contribution is 2.45. The van der Waals surface area contributed by atoms with Crippen LogP contribution in [0.3, 0.4) is 0 Å². The zero-order chi connectivity index (χ0) is 27.1. The summed E-state index contributed by atoms with van der Waals surface area (Å²) in [5, 5.41) is 0. The molecule has 0 radical (unpaired) electrons. The van der Waals surface area contributed by atoms with Crippen molar-refractivity contribution in [2.24, 2.45) is 0 Å². The fourth-order valence-electron chi connectivity index (χ4n) is 4.38. The van der Waals surface area contributed by atoms with Crippen molar-refractivity contribution >= 4 is 23.6 Å². The van der Waals surface area contributed by atoms with Crippen LogP contribution in [0.4, 0.5) is 18.9 Å². The largest absolute Gasteiger partial charge is 0.573 e. The molecule has 0 N–H and O–H groups in total. The summed E-state index contributed by atoms with van der Waals surface area (Å²) in [6.07, 6.45) is -1.83. The molecule has 0 bridgehead atoms. The first-order valence-corrected chi connectivity index (χ1v) is 11.8. The van der Waals surface area contributed by atoms with E-state index in [9.17, 15) is 22.8 Å². The highest BCUT2D eigenvalue weighted by molar-refractivity contribution is 5.99. The molecule has 1 amide bonds. The van der Waals surface area contributed by atoms with Crippen LogP contribution >= 0.6 is 0 Å². The molecule has 0 fully saturated rings. The Morgan fingerprint density at radius 3 is 2.36 bits per heavy atom. The number of halogens is 3. The predicted molar refractivity (Wildman–Crippen MR) is 134 cm³/mol. The van der Waals surface area contributed by atoms with Gasteiger partial charge < -0.3 is 14.4 Å². The molecule has 0 saturated heterocycles. The van der Waals surface area contributed by atoms with Crippen LogP contribution in [0.5, 0.6) is 5.75 Å². The lowest BCUT2D eigenvalue weighted by Gasteiger charge is -2.39. The molecule has 0 atom stereocenters. The Bertz CT molecular complexity index is 1210. The van der Waals surface area contributed by atoms with Crippen LogP contribution in [0.25, 0.3) is 17.2 Å². The molecule has 0 saturated carbocycles. The van der Waals surface area contributed by atoms with Crippen molar-refractivity contribution in [3.63, 3.8) is 0 Å². The molecule has 1 aliphatic rings. The van der Waals surface area contributed by atoms with Gasteiger partial charge in [0, 0.05) is 35.7 Å². The number of nitrogens with zero attached hydrogens (tertiary/aromatic N) is 1. The van der Waals surface area contributed by atoms with Gasteiger partial charge in [-0.15, -0.1) is 13.2 Å². The minimum Gasteiger partial charge on any atom is -0.457 e. The number of anilines is 1. The predicted octanol–water partition coefficient (Wildman–Crippen LogP) is 6.95. The number of benzene rings is 2. The molecule has 2 aromatic rings. The average Bonchev–Trinajstić information content (AvgIpc) is 2.71. The highest BCUT2D eigenvalue weighted by Gasteiger charge is 2.37. The zero-order valence-corrected chi connectivity index (χ0v) is 21.7. The highest BCUT2D eigenvalue weighted by atomic mass is 19.4. The van der Waals surface area contributed by atoms with E-state index in [4.69, 9.17) is 4.74 Å². The molecule has 0 unspecified atom stereocenters. The first-order chi connectivity index (χ1) is 16.5. The van der Waals surface area contributed by atoms with Crippen molar-refractivity contribution in [2.45, 2.75) is 72.3 Å². The van der Waals surface area contributed by atoms with Gasteiger partial charge in [0.2, 0.25) is 5.91 Å². The number of carbonyl (C=O) groups is 2. The van der Waals surface area contributed by atoms with Gasteiger partial charge in [0.15, 0.2) is 0 Å². The molecule has 0 spiro atoms. The van der Waals surface area contributed by atoms with Crippen molar-refractivity contribution in [1.29, 1.82) is 0 Å². The number of carbonyl (C=O) groups excluding carboxylic acids is 2. The summed E-state index contributed by atoms with van der Waals surface area (Å²) in [6.45, 7) is 13.3. The number of aryl methyl sites for hydroxylation is 1. The third-order valence-electron chi connectivity index (χ3n) is 5.91. The SMILES string of the molecule is CCN1C(=O)CC(C)(C)c2cc(C)c(-c3cc(/C=C/C(=O)OC(C)(C)C)ccc3OC(F)(F)F)cc21. The minimum atomic E-state index is -4.89. The second-order valence-corrected chi connectivity index (χ2v) is 10.6. The third-order valence-corrected chi connectivity index (χ3v) is 5.91. The topological polar surface area (TPSA) is 55.8 Å². The molecule has 0 aromatic heterocycles. The smallest absolute Gasteiger partial charge is 0.457 e. The normalized spacial score (nSPS) is 15.7. The van der Waals surface area contributed by atoms with Crippen LogP contribution in [0, 0.1) is 6.92 Å². The molecule has 2 aromatic carbocycles. The molecule has 8 heteroatoms. The Labute approximate surface area is 209 Å². The minimum absolute atomic E-state index is 0.0365. The molecule has 1 heterocycles. The van der Waals surface area contributed by atoms with Crippen LogP contribution in [-0.4, -0.2) is 30.4 Å². The molecule has 0 aliphatic carbocycles. The van der Waals surface area contributed by atoms with Crippen molar-refractivity contribution in [3.05, 3.63) is 53.1 Å². The summed E-state index contributed by atoms with van der Waals surface area (Å²) in [5.74, 6) is -0.973. The number of fused-ring (bicyclic) bond motifs is 1. The maximum atomic E-state index is 13.2. The summed E-state index contributed by atoms with van der Waals surface area (Å²) >= 11 is 0. The fraction of sp³-hybridized carbons (Fsp3) is 0.429. The lowest BCUT2D eigenvalue weighted by atomic mass is 9.75. The van der Waals surface area contributed by atoms with E-state index in [0.29, 0.717) is 29.8 Å². The Kier molecular flexibility index (Phi) is 7.31. The second kappa shape index (κ2) is 9.64. The summed E-state index contributed by atoms with van der Waals surface area (Å²) in [6, 6.07) is 7.88. The molecule has 36 heavy (non-hydrogen) atoms. The van der Waals surface area contributed by atoms with Gasteiger partial charge in [0.1, 0.15) is 11.4 Å². The lowest BCUT2D eigenvalue weighted by molar-refractivity contribution is -0.274. The van der Waals surface area contributed by atoms with E-state index in [1.165, 1.54) is 30.4 Å². The summed E-state index contributed by atoms with van der Waals surface area (Å²) in [7, 11) is 0. The monoisotopic (exact) mass is 503 g/mol. The van der Waals surface area contributed by atoms with Gasteiger partial charge in [-0.25, -0.2) is 4.79 Å². The third kappa shape index (κ3) is 6.28. The molecule has 1 aliphatic heterocycles. The fourth-order valence-corrected chi connectivity index (χ4v) is 4.38. The van der Waals surface area contributed by atoms with Gasteiger partial charge in [-0.2, -0.15) is 0 Å². The average molecular weight is 504 g/mol. The van der Waals surface area contributed by atoms with Gasteiger partial charge in [0.05, 0.1) is 0 Å². The molecular formula is C28H32F3NO4. The molecule has 5 nitrogen and oxygen atoms in total. The summed E-state index contributed by atoms with van der Waals surface area (Å²) < 4.78 is 49.3. The maximum Gasteiger partial charge on any atom is 0.573 e. The number of hydrogen-bond donors (Lipinski definition) is 0. The van der Waals surface area contributed by atoms with Gasteiger partial charge in [-0.05, 0) is 81.1 Å². The van der Waals surface area contributed by atoms with Gasteiger partial charge in [-0.3, -0.25) is 4.79 Å². The van der Waals surface area contributed by atoms with Crippen LogP contribution in [-0.2, 0) is 19.7 Å². The van der Waals surface area contributed by atoms with E-state index in [2.05, 4.69) is 4.74 Å². The second-order valence-electron chi connectivity index (χ2n) is 10.6. The Morgan fingerprint density at radius 1 is 1.11 bits per heavy atom. The number of ether oxygens (including phenoxy) is 2. The van der Waals surface area contributed by atoms with Gasteiger partial charge in [-0.1, -0.05) is 26.0 Å². The van der Waals surface area contributed by atoms with E-state index >= 15 is 0 Å². The molecule has 3 rings (SSSR count). The Hall–Kier alpha value is -3.29. The van der Waals surface area contributed by atoms with E-state index in [0.717, 1.165) is 11.1 Å².